The summed E-state index contributed by atoms with van der Waals surface area (Å²) in [5.41, 5.74) is 4.13. The molecule has 1 heterocycles. The molecule has 4 heteroatoms. The largest absolute Gasteiger partial charge is 0.374 e. The average Bonchev–Trinajstić information content (AvgIpc) is 3.22. The normalized spacial score (nSPS) is 14.3. The summed E-state index contributed by atoms with van der Waals surface area (Å²) in [6.07, 6.45) is 4.49. The Hall–Kier alpha value is -2.12. The number of rotatable bonds is 4. The predicted octanol–water partition coefficient (Wildman–Crippen LogP) is 3.83. The number of aryl methyl sites for hydroxylation is 1. The zero-order valence-electron chi connectivity index (χ0n) is 15.0. The van der Waals surface area contributed by atoms with E-state index in [0.717, 1.165) is 16.8 Å². The highest BCUT2D eigenvalue weighted by molar-refractivity contribution is 5.64. The Balaban J connectivity index is 1.67. The third-order valence-electron chi connectivity index (χ3n) is 3.89. The van der Waals surface area contributed by atoms with Gasteiger partial charge in [0.1, 0.15) is 5.69 Å². The van der Waals surface area contributed by atoms with Crippen LogP contribution in [0.4, 0.5) is 0 Å². The molecule has 1 saturated carbocycles. The molecule has 0 bridgehead atoms. The molecule has 0 amide bonds. The van der Waals surface area contributed by atoms with Crippen molar-refractivity contribution in [3.05, 3.63) is 35.5 Å². The molecule has 0 unspecified atom stereocenters. The number of nitrogens with zero attached hydrogens (tertiary/aromatic N) is 3. The van der Waals surface area contributed by atoms with Gasteiger partial charge in [0, 0.05) is 17.0 Å². The van der Waals surface area contributed by atoms with Crippen LogP contribution in [0.1, 0.15) is 44.7 Å². The molecule has 3 rings (SSSR count). The van der Waals surface area contributed by atoms with Crippen LogP contribution in [0.15, 0.2) is 24.4 Å². The first-order valence-electron chi connectivity index (χ1n) is 8.57. The van der Waals surface area contributed by atoms with Crippen LogP contribution in [0.5, 0.6) is 0 Å². The van der Waals surface area contributed by atoms with Crippen LogP contribution in [-0.4, -0.2) is 27.2 Å². The fourth-order valence-electron chi connectivity index (χ4n) is 2.42. The van der Waals surface area contributed by atoms with Crippen molar-refractivity contribution in [1.82, 2.24) is 15.0 Å². The second kappa shape index (κ2) is 6.78. The van der Waals surface area contributed by atoms with Crippen LogP contribution in [0.2, 0.25) is 0 Å². The van der Waals surface area contributed by atoms with E-state index in [2.05, 4.69) is 68.0 Å². The summed E-state index contributed by atoms with van der Waals surface area (Å²) in [7, 11) is 0. The maximum atomic E-state index is 5.74. The molecule has 0 N–H and O–H groups in total. The number of hydrogen-bond donors (Lipinski definition) is 0. The molecular formula is C20H25N3O. The average molecular weight is 323 g/mol. The third-order valence-corrected chi connectivity index (χ3v) is 3.89. The lowest BCUT2D eigenvalue weighted by Gasteiger charge is -2.19. The van der Waals surface area contributed by atoms with Crippen molar-refractivity contribution < 1.29 is 4.74 Å². The second-order valence-corrected chi connectivity index (χ2v) is 7.40. The summed E-state index contributed by atoms with van der Waals surface area (Å²) in [4.78, 5) is 0. The monoisotopic (exact) mass is 323 g/mol. The fourth-order valence-corrected chi connectivity index (χ4v) is 2.42. The third kappa shape index (κ3) is 4.69. The van der Waals surface area contributed by atoms with Gasteiger partial charge in [-0.3, -0.25) is 0 Å². The van der Waals surface area contributed by atoms with Crippen molar-refractivity contribution in [3.63, 3.8) is 0 Å². The smallest absolute Gasteiger partial charge is 0.113 e. The Labute approximate surface area is 144 Å². The van der Waals surface area contributed by atoms with Crippen LogP contribution in [0.25, 0.3) is 11.3 Å². The maximum Gasteiger partial charge on any atom is 0.113 e. The number of hydrogen-bond acceptors (Lipinski definition) is 3. The molecule has 126 valence electrons. The van der Waals surface area contributed by atoms with E-state index in [4.69, 9.17) is 4.74 Å². The number of benzene rings is 1. The lowest BCUT2D eigenvalue weighted by molar-refractivity contribution is -0.00805. The number of aromatic nitrogens is 3. The van der Waals surface area contributed by atoms with Crippen LogP contribution < -0.4 is 0 Å². The highest BCUT2D eigenvalue weighted by Gasteiger charge is 2.17. The second-order valence-electron chi connectivity index (χ2n) is 7.40. The Morgan fingerprint density at radius 3 is 2.75 bits per heavy atom. The molecule has 2 aromatic rings. The molecule has 0 aliphatic heterocycles. The van der Waals surface area contributed by atoms with E-state index in [1.165, 1.54) is 18.4 Å². The summed E-state index contributed by atoms with van der Waals surface area (Å²) < 4.78 is 7.57. The van der Waals surface area contributed by atoms with E-state index < -0.39 is 0 Å². The molecular weight excluding hydrogens is 298 g/mol. The van der Waals surface area contributed by atoms with Gasteiger partial charge in [0.25, 0.3) is 0 Å². The minimum atomic E-state index is -0.128. The maximum absolute atomic E-state index is 5.74. The molecule has 1 fully saturated rings. The molecule has 0 atom stereocenters. The first-order valence-corrected chi connectivity index (χ1v) is 8.57. The molecule has 1 aromatic heterocycles. The molecule has 0 radical (unpaired) electrons. The molecule has 1 aliphatic carbocycles. The van der Waals surface area contributed by atoms with Crippen LogP contribution >= 0.6 is 0 Å². The van der Waals surface area contributed by atoms with Gasteiger partial charge in [-0.05, 0) is 58.2 Å². The van der Waals surface area contributed by atoms with Crippen molar-refractivity contribution in [2.45, 2.75) is 52.7 Å². The standard InChI is InChI=1S/C20H25N3O/c1-15-13-17(8-7-16-5-6-16)9-10-18(15)19-14-23(22-21-19)11-12-24-20(2,3)4/h9-10,13-14,16H,5-6,11-12H2,1-4H3. The number of ether oxygens (including phenoxy) is 1. The molecule has 4 nitrogen and oxygen atoms in total. The minimum absolute atomic E-state index is 0.128. The van der Waals surface area contributed by atoms with E-state index >= 15 is 0 Å². The highest BCUT2D eigenvalue weighted by atomic mass is 16.5. The first kappa shape index (κ1) is 16.7. The van der Waals surface area contributed by atoms with Gasteiger partial charge in [0.2, 0.25) is 0 Å². The van der Waals surface area contributed by atoms with E-state index in [0.29, 0.717) is 19.1 Å². The Bertz CT molecular complexity index is 770. The van der Waals surface area contributed by atoms with Crippen LogP contribution in [0.3, 0.4) is 0 Å². The van der Waals surface area contributed by atoms with E-state index in [9.17, 15) is 0 Å². The van der Waals surface area contributed by atoms with Crippen molar-refractivity contribution in [1.29, 1.82) is 0 Å². The van der Waals surface area contributed by atoms with E-state index in [1.807, 2.05) is 10.9 Å². The SMILES string of the molecule is Cc1cc(C#CC2CC2)ccc1-c1cn(CCOC(C)(C)C)nn1. The zero-order chi connectivity index (χ0) is 17.2. The fraction of sp³-hybridized carbons (Fsp3) is 0.500. The quantitative estimate of drug-likeness (QED) is 0.803. The Morgan fingerprint density at radius 1 is 1.29 bits per heavy atom. The summed E-state index contributed by atoms with van der Waals surface area (Å²) in [6.45, 7) is 9.58. The van der Waals surface area contributed by atoms with E-state index in [-0.39, 0.29) is 5.60 Å². The molecule has 24 heavy (non-hydrogen) atoms. The van der Waals surface area contributed by atoms with Gasteiger partial charge in [-0.2, -0.15) is 0 Å². The van der Waals surface area contributed by atoms with Gasteiger partial charge < -0.3 is 4.74 Å². The summed E-state index contributed by atoms with van der Waals surface area (Å²) in [5, 5.41) is 8.50. The molecule has 1 aromatic carbocycles. The van der Waals surface area contributed by atoms with Crippen molar-refractivity contribution in [2.75, 3.05) is 6.61 Å². The predicted molar refractivity (Wildman–Crippen MR) is 95.5 cm³/mol. The zero-order valence-corrected chi connectivity index (χ0v) is 15.0. The summed E-state index contributed by atoms with van der Waals surface area (Å²) >= 11 is 0. The van der Waals surface area contributed by atoms with E-state index in [1.54, 1.807) is 0 Å². The first-order chi connectivity index (χ1) is 11.4. The van der Waals surface area contributed by atoms with Crippen LogP contribution in [0, 0.1) is 24.7 Å². The van der Waals surface area contributed by atoms with Crippen molar-refractivity contribution >= 4 is 0 Å². The minimum Gasteiger partial charge on any atom is -0.374 e. The van der Waals surface area contributed by atoms with Gasteiger partial charge in [-0.1, -0.05) is 23.1 Å². The van der Waals surface area contributed by atoms with Crippen LogP contribution in [-0.2, 0) is 11.3 Å². The Morgan fingerprint density at radius 2 is 2.08 bits per heavy atom. The summed E-state index contributed by atoms with van der Waals surface area (Å²) in [5.74, 6) is 7.19. The van der Waals surface area contributed by atoms with Gasteiger partial charge in [-0.15, -0.1) is 5.10 Å². The summed E-state index contributed by atoms with van der Waals surface area (Å²) in [6, 6.07) is 6.29. The Kier molecular flexibility index (Phi) is 4.73. The van der Waals surface area contributed by atoms with Crippen molar-refractivity contribution in [2.24, 2.45) is 5.92 Å². The topological polar surface area (TPSA) is 39.9 Å². The molecule has 0 saturated heterocycles. The van der Waals surface area contributed by atoms with Gasteiger partial charge >= 0.3 is 0 Å². The van der Waals surface area contributed by atoms with Gasteiger partial charge in [0.15, 0.2) is 0 Å². The highest BCUT2D eigenvalue weighted by Crippen LogP contribution is 2.28. The molecule has 1 aliphatic rings. The lowest BCUT2D eigenvalue weighted by atomic mass is 10.0. The molecule has 0 spiro atoms. The lowest BCUT2D eigenvalue weighted by Crippen LogP contribution is -2.22. The van der Waals surface area contributed by atoms with Crippen molar-refractivity contribution in [3.8, 4) is 23.1 Å². The van der Waals surface area contributed by atoms with Gasteiger partial charge in [0.05, 0.1) is 24.9 Å². The van der Waals surface area contributed by atoms with Gasteiger partial charge in [-0.25, -0.2) is 4.68 Å².